The first-order valence-corrected chi connectivity index (χ1v) is 16.8. The lowest BCUT2D eigenvalue weighted by Gasteiger charge is -2.26. The van der Waals surface area contributed by atoms with Crippen molar-refractivity contribution in [3.05, 3.63) is 106 Å². The predicted molar refractivity (Wildman–Crippen MR) is 189 cm³/mol. The number of alkyl halides is 6. The zero-order valence-electron chi connectivity index (χ0n) is 28.6. The average molecular weight is 761 g/mol. The van der Waals surface area contributed by atoms with Crippen LogP contribution in [0.15, 0.2) is 84.7 Å². The molecule has 4 aromatic rings. The number of nitrogens with zero attached hydrogens (tertiary/aromatic N) is 4. The van der Waals surface area contributed by atoms with Gasteiger partial charge in [0.15, 0.2) is 0 Å². The summed E-state index contributed by atoms with van der Waals surface area (Å²) in [6, 6.07) is 19.9. The Kier molecular flexibility index (Phi) is 12.3. The number of hydrogen-bond acceptors (Lipinski definition) is 8. The first-order chi connectivity index (χ1) is 25.1. The first-order valence-electron chi connectivity index (χ1n) is 16.4. The summed E-state index contributed by atoms with van der Waals surface area (Å²) in [5.74, 6) is -0.529. The van der Waals surface area contributed by atoms with Gasteiger partial charge in [0.1, 0.15) is 29.5 Å². The van der Waals surface area contributed by atoms with Crippen LogP contribution in [0.4, 0.5) is 43.7 Å². The molecule has 1 atom stereocenters. The van der Waals surface area contributed by atoms with Gasteiger partial charge in [0, 0.05) is 57.5 Å². The summed E-state index contributed by atoms with van der Waals surface area (Å²) >= 11 is 6.46. The number of ether oxygens (including phenoxy) is 1. The van der Waals surface area contributed by atoms with E-state index in [-0.39, 0.29) is 28.5 Å². The van der Waals surface area contributed by atoms with Crippen LogP contribution in [0.2, 0.25) is 5.02 Å². The number of ketones is 1. The zero-order valence-corrected chi connectivity index (χ0v) is 29.3. The van der Waals surface area contributed by atoms with Crippen molar-refractivity contribution in [2.45, 2.75) is 44.7 Å². The third-order valence-electron chi connectivity index (χ3n) is 8.51. The summed E-state index contributed by atoms with van der Waals surface area (Å²) in [6.45, 7) is 3.61. The number of benzene rings is 3. The lowest BCUT2D eigenvalue weighted by Crippen LogP contribution is -2.39. The number of carbonyl (C=O) groups is 2. The largest absolute Gasteiger partial charge is 0.456 e. The van der Waals surface area contributed by atoms with Gasteiger partial charge >= 0.3 is 12.4 Å². The molecular weight excluding hydrogens is 726 g/mol. The molecule has 3 aromatic carbocycles. The highest BCUT2D eigenvalue weighted by Gasteiger charge is 2.34. The maximum Gasteiger partial charge on any atom is 0.449 e. The van der Waals surface area contributed by atoms with Crippen LogP contribution in [-0.2, 0) is 22.3 Å². The van der Waals surface area contributed by atoms with Crippen LogP contribution in [0.5, 0.6) is 11.5 Å². The van der Waals surface area contributed by atoms with Gasteiger partial charge in [0.25, 0.3) is 0 Å². The van der Waals surface area contributed by atoms with E-state index in [1.165, 1.54) is 24.0 Å². The second kappa shape index (κ2) is 16.7. The molecule has 16 heteroatoms. The Bertz CT molecular complexity index is 1960. The molecule has 2 aliphatic rings. The molecule has 0 aliphatic carbocycles. The van der Waals surface area contributed by atoms with Crippen LogP contribution in [-0.4, -0.2) is 70.4 Å². The minimum atomic E-state index is -4.64. The Labute approximate surface area is 306 Å². The fourth-order valence-electron chi connectivity index (χ4n) is 5.67. The maximum atomic E-state index is 13.7. The Morgan fingerprint density at radius 2 is 1.75 bits per heavy atom. The summed E-state index contributed by atoms with van der Waals surface area (Å²) in [7, 11) is 1.87. The van der Waals surface area contributed by atoms with Crippen LogP contribution in [0.1, 0.15) is 36.5 Å². The molecule has 6 rings (SSSR count). The van der Waals surface area contributed by atoms with E-state index in [9.17, 15) is 35.9 Å². The molecule has 3 heterocycles. The van der Waals surface area contributed by atoms with E-state index >= 15 is 0 Å². The van der Waals surface area contributed by atoms with Crippen molar-refractivity contribution in [2.24, 2.45) is 0 Å². The fraction of sp³-hybridized carbons (Fsp3) is 0.297. The summed E-state index contributed by atoms with van der Waals surface area (Å²) < 4.78 is 77.5. The van der Waals surface area contributed by atoms with Crippen LogP contribution in [0, 0.1) is 0 Å². The third-order valence-corrected chi connectivity index (χ3v) is 8.81. The van der Waals surface area contributed by atoms with Gasteiger partial charge in [-0.15, -0.1) is 0 Å². The number of amides is 1. The van der Waals surface area contributed by atoms with Gasteiger partial charge in [-0.25, -0.2) is 9.97 Å². The second-order valence-electron chi connectivity index (χ2n) is 12.4. The molecule has 280 valence electrons. The van der Waals surface area contributed by atoms with Crippen molar-refractivity contribution in [3.8, 4) is 11.5 Å². The van der Waals surface area contributed by atoms with Crippen molar-refractivity contribution >= 4 is 46.7 Å². The molecule has 1 aromatic heterocycles. The van der Waals surface area contributed by atoms with E-state index in [0.29, 0.717) is 48.3 Å². The van der Waals surface area contributed by atoms with Crippen molar-refractivity contribution in [3.63, 3.8) is 0 Å². The van der Waals surface area contributed by atoms with Gasteiger partial charge in [-0.05, 0) is 60.9 Å². The predicted octanol–water partition coefficient (Wildman–Crippen LogP) is 8.75. The minimum absolute atomic E-state index is 0.0124. The number of carbonyl (C=O) groups excluding carboxylic acids is 2. The lowest BCUT2D eigenvalue weighted by molar-refractivity contribution is -0.168. The van der Waals surface area contributed by atoms with Crippen LogP contribution in [0.25, 0.3) is 6.08 Å². The van der Waals surface area contributed by atoms with Gasteiger partial charge in [-0.2, -0.15) is 26.3 Å². The van der Waals surface area contributed by atoms with Crippen LogP contribution < -0.4 is 15.4 Å². The molecule has 53 heavy (non-hydrogen) atoms. The average Bonchev–Trinajstić information content (AvgIpc) is 3.46. The molecule has 1 amide bonds. The Balaban J connectivity index is 0.000000705. The van der Waals surface area contributed by atoms with E-state index in [2.05, 4.69) is 37.6 Å². The van der Waals surface area contributed by atoms with Gasteiger partial charge in [0.2, 0.25) is 11.7 Å². The van der Waals surface area contributed by atoms with Crippen molar-refractivity contribution in [1.29, 1.82) is 0 Å². The summed E-state index contributed by atoms with van der Waals surface area (Å²) in [6.07, 6.45) is -4.45. The van der Waals surface area contributed by atoms with E-state index in [1.807, 2.05) is 36.2 Å². The number of fused-ring (bicyclic) bond motifs is 1. The fourth-order valence-corrected chi connectivity index (χ4v) is 5.89. The Morgan fingerprint density at radius 1 is 1.02 bits per heavy atom. The topological polar surface area (TPSA) is 99.7 Å². The molecule has 0 saturated carbocycles. The van der Waals surface area contributed by atoms with Gasteiger partial charge in [0.05, 0.1) is 16.1 Å². The van der Waals surface area contributed by atoms with Crippen molar-refractivity contribution in [2.75, 3.05) is 37.3 Å². The zero-order chi connectivity index (χ0) is 38.3. The highest BCUT2D eigenvalue weighted by atomic mass is 35.5. The van der Waals surface area contributed by atoms with Crippen molar-refractivity contribution in [1.82, 2.24) is 19.8 Å². The molecule has 0 radical (unpaired) electrons. The number of rotatable bonds is 8. The van der Waals surface area contributed by atoms with E-state index in [1.54, 1.807) is 18.2 Å². The smallest absolute Gasteiger partial charge is 0.449 e. The second-order valence-corrected chi connectivity index (χ2v) is 12.8. The molecule has 1 fully saturated rings. The quantitative estimate of drug-likeness (QED) is 0.172. The maximum absolute atomic E-state index is 13.7. The summed E-state index contributed by atoms with van der Waals surface area (Å²) in [4.78, 5) is 36.1. The van der Waals surface area contributed by atoms with E-state index in [0.717, 1.165) is 38.2 Å². The highest BCUT2D eigenvalue weighted by molar-refractivity contribution is 6.32. The number of hydrogen-bond donors (Lipinski definition) is 2. The Hall–Kier alpha value is -5.15. The molecule has 9 nitrogen and oxygen atoms in total. The minimum Gasteiger partial charge on any atom is -0.456 e. The van der Waals surface area contributed by atoms with E-state index < -0.39 is 23.7 Å². The number of Topliss-reactive ketones (excluding diaryl/α,β-unsaturated/α-hetero) is 1. The number of likely N-dealkylation sites (tertiary alicyclic amines) is 1. The van der Waals surface area contributed by atoms with E-state index in [4.69, 9.17) is 16.3 Å². The number of aromatic nitrogens is 2. The molecule has 2 aliphatic heterocycles. The molecule has 0 spiro atoms. The summed E-state index contributed by atoms with van der Waals surface area (Å²) in [5.41, 5.74) is 2.29. The molecule has 1 saturated heterocycles. The lowest BCUT2D eigenvalue weighted by atomic mass is 10.1. The van der Waals surface area contributed by atoms with Gasteiger partial charge in [-0.1, -0.05) is 48.0 Å². The summed E-state index contributed by atoms with van der Waals surface area (Å²) in [5, 5.41) is 6.72. The molecular formula is C37H35ClF6N6O3. The Morgan fingerprint density at radius 3 is 2.43 bits per heavy atom. The number of halogens is 7. The normalized spacial score (nSPS) is 15.9. The first kappa shape index (κ1) is 39.1. The SMILES string of the molecule is CC(=O)C(F)(F)F.CN(C(=O)C1=Cc2c(ncnc2Nc2ccc(Oc3cccc(C(F)(F)F)c3)c(Cl)c2)NCC1)C1CCN(Cc2ccccc2)C1. The molecule has 0 bridgehead atoms. The monoisotopic (exact) mass is 760 g/mol. The number of nitrogens with one attached hydrogen (secondary N) is 2. The molecule has 2 N–H and O–H groups in total. The third kappa shape index (κ3) is 10.5. The standard InChI is InChI=1S/C34H32ClF3N6O2.C3H3F3O/c1-43(26-13-15-44(20-26)19-22-6-3-2-4-7-22)33(45)23-12-14-39-31-28(16-23)32(41-21-40-31)42-25-10-11-30(29(35)18-25)46-27-9-5-8-24(17-27)34(36,37)38;1-2(7)3(4,5)6/h2-11,16-18,21,26H,12-15,19-20H2,1H3,(H2,39,40,41,42);1H3. The number of likely N-dealkylation sites (N-methyl/N-ethyl adjacent to an activating group) is 1. The van der Waals surface area contributed by atoms with Gasteiger partial charge in [-0.3, -0.25) is 14.5 Å². The highest BCUT2D eigenvalue weighted by Crippen LogP contribution is 2.37. The van der Waals surface area contributed by atoms with Crippen LogP contribution >= 0.6 is 11.6 Å². The van der Waals surface area contributed by atoms with Crippen molar-refractivity contribution < 1.29 is 40.7 Å². The molecule has 1 unspecified atom stereocenters. The van der Waals surface area contributed by atoms with Gasteiger partial charge < -0.3 is 20.3 Å². The van der Waals surface area contributed by atoms with Crippen LogP contribution in [0.3, 0.4) is 0 Å². The number of anilines is 3.